The normalized spacial score (nSPS) is 11.3. The molecule has 0 aliphatic carbocycles. The minimum absolute atomic E-state index is 0.0188. The Bertz CT molecular complexity index is 335. The third-order valence-electron chi connectivity index (χ3n) is 2.56. The number of nitrogens with zero attached hydrogens (tertiary/aromatic N) is 2. The van der Waals surface area contributed by atoms with Crippen LogP contribution in [0.5, 0.6) is 0 Å². The monoisotopic (exact) mass is 209 g/mol. The van der Waals surface area contributed by atoms with Crippen molar-refractivity contribution in [1.82, 2.24) is 9.97 Å². The number of nitrogen functional groups attached to an aromatic ring is 1. The highest BCUT2D eigenvalue weighted by molar-refractivity contribution is 5.56. The van der Waals surface area contributed by atoms with Crippen LogP contribution in [0.2, 0.25) is 0 Å². The van der Waals surface area contributed by atoms with Gasteiger partial charge in [0.25, 0.3) is 0 Å². The summed E-state index contributed by atoms with van der Waals surface area (Å²) >= 11 is 0. The van der Waals surface area contributed by atoms with Gasteiger partial charge >= 0.3 is 0 Å². The second-order valence-corrected chi connectivity index (χ2v) is 4.20. The molecule has 0 saturated carbocycles. The molecule has 0 saturated heterocycles. The lowest BCUT2D eigenvalue weighted by molar-refractivity contribution is 0.544. The molecule has 84 valence electrons. The number of aromatic nitrogens is 2. The fourth-order valence-corrected chi connectivity index (χ4v) is 1.13. The number of anilines is 2. The van der Waals surface area contributed by atoms with Crippen molar-refractivity contribution in [3.05, 3.63) is 11.9 Å². The van der Waals surface area contributed by atoms with Crippen LogP contribution < -0.4 is 16.6 Å². The van der Waals surface area contributed by atoms with Crippen molar-refractivity contribution in [2.45, 2.75) is 39.7 Å². The number of nitrogens with one attached hydrogen (secondary N) is 2. The van der Waals surface area contributed by atoms with E-state index in [2.05, 4.69) is 41.5 Å². The van der Waals surface area contributed by atoms with Gasteiger partial charge in [0.2, 0.25) is 0 Å². The lowest BCUT2D eigenvalue weighted by Gasteiger charge is -2.26. The molecule has 1 heterocycles. The molecule has 0 amide bonds. The van der Waals surface area contributed by atoms with Gasteiger partial charge in [0.15, 0.2) is 0 Å². The number of hydrazine groups is 1. The second kappa shape index (κ2) is 4.44. The highest BCUT2D eigenvalue weighted by Crippen LogP contribution is 2.22. The summed E-state index contributed by atoms with van der Waals surface area (Å²) in [6.07, 6.45) is 2.51. The molecule has 5 nitrogen and oxygen atoms in total. The molecule has 0 spiro atoms. The Morgan fingerprint density at radius 3 is 2.47 bits per heavy atom. The summed E-state index contributed by atoms with van der Waals surface area (Å²) in [4.78, 5) is 8.23. The Hall–Kier alpha value is -1.36. The van der Waals surface area contributed by atoms with E-state index in [1.165, 1.54) is 6.33 Å². The molecule has 0 radical (unpaired) electrons. The first kappa shape index (κ1) is 11.7. The molecule has 15 heavy (non-hydrogen) atoms. The van der Waals surface area contributed by atoms with E-state index in [1.54, 1.807) is 0 Å². The Morgan fingerprint density at radius 1 is 1.33 bits per heavy atom. The quantitative estimate of drug-likeness (QED) is 0.519. The zero-order valence-electron chi connectivity index (χ0n) is 9.76. The summed E-state index contributed by atoms with van der Waals surface area (Å²) in [6, 6.07) is 0. The van der Waals surface area contributed by atoms with Crippen LogP contribution >= 0.6 is 0 Å². The van der Waals surface area contributed by atoms with Crippen molar-refractivity contribution < 1.29 is 0 Å². The average Bonchev–Trinajstić information content (AvgIpc) is 2.21. The van der Waals surface area contributed by atoms with Crippen molar-refractivity contribution in [2.75, 3.05) is 10.7 Å². The van der Waals surface area contributed by atoms with Gasteiger partial charge < -0.3 is 10.7 Å². The molecule has 1 rings (SSSR count). The largest absolute Gasteiger partial charge is 0.365 e. The third-order valence-corrected chi connectivity index (χ3v) is 2.56. The second-order valence-electron chi connectivity index (χ2n) is 4.20. The third kappa shape index (κ3) is 2.79. The SMILES string of the molecule is CCC(C)(C)Nc1ncnc(NN)c1C. The van der Waals surface area contributed by atoms with Crippen LogP contribution in [0.15, 0.2) is 6.33 Å². The molecule has 0 fully saturated rings. The molecule has 0 unspecified atom stereocenters. The van der Waals surface area contributed by atoms with Crippen LogP contribution in [0.1, 0.15) is 32.8 Å². The predicted octanol–water partition coefficient (Wildman–Crippen LogP) is 1.67. The highest BCUT2D eigenvalue weighted by Gasteiger charge is 2.17. The van der Waals surface area contributed by atoms with Gasteiger partial charge in [0, 0.05) is 11.1 Å². The van der Waals surface area contributed by atoms with E-state index in [0.29, 0.717) is 5.82 Å². The summed E-state index contributed by atoms with van der Waals surface area (Å²) in [7, 11) is 0. The van der Waals surface area contributed by atoms with Gasteiger partial charge in [-0.3, -0.25) is 0 Å². The molecule has 0 aliphatic heterocycles. The minimum Gasteiger partial charge on any atom is -0.365 e. The molecule has 0 bridgehead atoms. The lowest BCUT2D eigenvalue weighted by Crippen LogP contribution is -2.30. The lowest BCUT2D eigenvalue weighted by atomic mass is 10.0. The number of nitrogens with two attached hydrogens (primary N) is 1. The van der Waals surface area contributed by atoms with E-state index in [9.17, 15) is 0 Å². The van der Waals surface area contributed by atoms with Crippen LogP contribution in [0.3, 0.4) is 0 Å². The van der Waals surface area contributed by atoms with Crippen molar-refractivity contribution in [1.29, 1.82) is 0 Å². The van der Waals surface area contributed by atoms with Crippen molar-refractivity contribution in [3.63, 3.8) is 0 Å². The minimum atomic E-state index is 0.0188. The maximum atomic E-state index is 5.35. The van der Waals surface area contributed by atoms with Gasteiger partial charge in [-0.25, -0.2) is 15.8 Å². The predicted molar refractivity (Wildman–Crippen MR) is 62.6 cm³/mol. The van der Waals surface area contributed by atoms with Gasteiger partial charge in [0.1, 0.15) is 18.0 Å². The molecule has 0 aromatic carbocycles. The topological polar surface area (TPSA) is 75.9 Å². The molecular weight excluding hydrogens is 190 g/mol. The summed E-state index contributed by atoms with van der Waals surface area (Å²) in [6.45, 7) is 8.32. The Morgan fingerprint density at radius 2 is 1.93 bits per heavy atom. The Kier molecular flexibility index (Phi) is 3.47. The highest BCUT2D eigenvalue weighted by atomic mass is 15.3. The van der Waals surface area contributed by atoms with E-state index in [1.807, 2.05) is 6.92 Å². The van der Waals surface area contributed by atoms with E-state index in [4.69, 9.17) is 5.84 Å². The molecule has 4 N–H and O–H groups in total. The Labute approximate surface area is 90.5 Å². The van der Waals surface area contributed by atoms with Gasteiger partial charge in [-0.15, -0.1) is 0 Å². The first-order valence-corrected chi connectivity index (χ1v) is 5.06. The van der Waals surface area contributed by atoms with E-state index in [0.717, 1.165) is 17.8 Å². The summed E-state index contributed by atoms with van der Waals surface area (Å²) in [5.74, 6) is 6.82. The zero-order chi connectivity index (χ0) is 11.5. The summed E-state index contributed by atoms with van der Waals surface area (Å²) in [5, 5.41) is 3.36. The first-order chi connectivity index (χ1) is 7.00. The van der Waals surface area contributed by atoms with Crippen LogP contribution in [0, 0.1) is 6.92 Å². The van der Waals surface area contributed by atoms with E-state index < -0.39 is 0 Å². The number of rotatable bonds is 4. The fraction of sp³-hybridized carbons (Fsp3) is 0.600. The maximum Gasteiger partial charge on any atom is 0.148 e. The van der Waals surface area contributed by atoms with Crippen molar-refractivity contribution in [3.8, 4) is 0 Å². The average molecular weight is 209 g/mol. The van der Waals surface area contributed by atoms with E-state index in [-0.39, 0.29) is 5.54 Å². The zero-order valence-corrected chi connectivity index (χ0v) is 9.76. The molecule has 5 heteroatoms. The van der Waals surface area contributed by atoms with Crippen LogP contribution in [0.25, 0.3) is 0 Å². The summed E-state index contributed by atoms with van der Waals surface area (Å²) < 4.78 is 0. The van der Waals surface area contributed by atoms with Crippen LogP contribution in [-0.2, 0) is 0 Å². The first-order valence-electron chi connectivity index (χ1n) is 5.06. The smallest absolute Gasteiger partial charge is 0.148 e. The molecule has 1 aromatic rings. The van der Waals surface area contributed by atoms with E-state index >= 15 is 0 Å². The standard InChI is InChI=1S/C10H19N5/c1-5-10(3,4)14-8-7(2)9(15-11)13-6-12-8/h6H,5,11H2,1-4H3,(H2,12,13,14,15). The van der Waals surface area contributed by atoms with Gasteiger partial charge in [-0.1, -0.05) is 6.92 Å². The van der Waals surface area contributed by atoms with Gasteiger partial charge in [0.05, 0.1) is 0 Å². The van der Waals surface area contributed by atoms with Crippen LogP contribution in [0.4, 0.5) is 11.6 Å². The molecule has 0 aliphatic rings. The van der Waals surface area contributed by atoms with Crippen molar-refractivity contribution in [2.24, 2.45) is 5.84 Å². The maximum absolute atomic E-state index is 5.35. The number of hydrogen-bond donors (Lipinski definition) is 3. The number of hydrogen-bond acceptors (Lipinski definition) is 5. The van der Waals surface area contributed by atoms with Gasteiger partial charge in [-0.2, -0.15) is 0 Å². The van der Waals surface area contributed by atoms with Gasteiger partial charge in [-0.05, 0) is 27.2 Å². The summed E-state index contributed by atoms with van der Waals surface area (Å²) in [5.41, 5.74) is 3.50. The molecule has 1 aromatic heterocycles. The molecular formula is C10H19N5. The van der Waals surface area contributed by atoms with Crippen LogP contribution in [-0.4, -0.2) is 15.5 Å². The van der Waals surface area contributed by atoms with Crippen molar-refractivity contribution >= 4 is 11.6 Å². The fourth-order valence-electron chi connectivity index (χ4n) is 1.13. The molecule has 0 atom stereocenters. The Balaban J connectivity index is 2.95.